The lowest BCUT2D eigenvalue weighted by molar-refractivity contribution is -0.113. The number of halogens is 1. The largest absolute Gasteiger partial charge is 0.478 e. The number of H-pyrrole nitrogens is 1. The number of fused-ring (bicyclic) bond motifs is 1. The maximum absolute atomic E-state index is 13.3. The molecular weight excluding hydrogens is 410 g/mol. The number of carboxylic acid groups (broad SMARTS) is 1. The van der Waals surface area contributed by atoms with Gasteiger partial charge < -0.3 is 15.8 Å². The average Bonchev–Trinajstić information content (AvgIpc) is 3.28. The van der Waals surface area contributed by atoms with E-state index in [4.69, 9.17) is 17.3 Å². The summed E-state index contributed by atoms with van der Waals surface area (Å²) in [6.45, 7) is 3.78. The van der Waals surface area contributed by atoms with Crippen molar-refractivity contribution >= 4 is 46.9 Å². The fourth-order valence-corrected chi connectivity index (χ4v) is 3.66. The van der Waals surface area contributed by atoms with Crippen molar-refractivity contribution in [3.63, 3.8) is 0 Å². The van der Waals surface area contributed by atoms with Gasteiger partial charge in [0.15, 0.2) is 5.82 Å². The Bertz CT molecular complexity index is 1240. The Morgan fingerprint density at radius 3 is 2.70 bits per heavy atom. The maximum Gasteiger partial charge on any atom is 0.337 e. The number of nitrogens with zero attached hydrogens (tertiary/aromatic N) is 5. The van der Waals surface area contributed by atoms with Gasteiger partial charge in [0.05, 0.1) is 29.4 Å². The van der Waals surface area contributed by atoms with E-state index >= 15 is 0 Å². The number of aryl methyl sites for hydroxylation is 1. The summed E-state index contributed by atoms with van der Waals surface area (Å²) in [6.07, 6.45) is 4.62. The molecule has 0 atom stereocenters. The molecule has 1 aliphatic heterocycles. The van der Waals surface area contributed by atoms with Gasteiger partial charge in [-0.25, -0.2) is 9.78 Å². The summed E-state index contributed by atoms with van der Waals surface area (Å²) >= 11 is 6.33. The van der Waals surface area contributed by atoms with Crippen molar-refractivity contribution in [1.29, 1.82) is 0 Å². The Labute approximate surface area is 176 Å². The number of aromatic nitrogens is 5. The third kappa shape index (κ3) is 3.01. The molecule has 3 aromatic heterocycles. The summed E-state index contributed by atoms with van der Waals surface area (Å²) in [4.78, 5) is 37.3. The number of nitrogens with one attached hydrogen (secondary N) is 1. The summed E-state index contributed by atoms with van der Waals surface area (Å²) in [5.74, 6) is -1.16. The molecular formula is C19H18ClN7O3. The van der Waals surface area contributed by atoms with Crippen LogP contribution < -0.4 is 10.6 Å². The Balaban J connectivity index is 1.85. The van der Waals surface area contributed by atoms with E-state index in [9.17, 15) is 14.7 Å². The van der Waals surface area contributed by atoms with Crippen LogP contribution in [0.2, 0.25) is 5.15 Å². The van der Waals surface area contributed by atoms with Gasteiger partial charge in [0, 0.05) is 30.2 Å². The van der Waals surface area contributed by atoms with E-state index in [-0.39, 0.29) is 34.7 Å². The van der Waals surface area contributed by atoms with E-state index in [1.807, 2.05) is 14.0 Å². The number of carbonyl (C=O) groups is 2. The van der Waals surface area contributed by atoms with Gasteiger partial charge >= 0.3 is 5.97 Å². The standard InChI is InChI=1S/C19H18ClN7O3/c1-8-12(18(29)30)6-22-13(8)4-11-14-15(20)24-19(21)25-16(14)27(17(11)28)7-10-5-23-26(3)9(10)2/h4-6,22H,7H2,1-3H3,(H,29,30)(H2,21,24,25)/b11-4-. The van der Waals surface area contributed by atoms with Crippen molar-refractivity contribution in [3.05, 3.63) is 51.2 Å². The summed E-state index contributed by atoms with van der Waals surface area (Å²) in [7, 11) is 1.81. The van der Waals surface area contributed by atoms with Gasteiger partial charge in [-0.1, -0.05) is 11.6 Å². The van der Waals surface area contributed by atoms with Crippen LogP contribution in [0.15, 0.2) is 12.4 Å². The van der Waals surface area contributed by atoms with Crippen LogP contribution >= 0.6 is 11.6 Å². The van der Waals surface area contributed by atoms with Crippen LogP contribution in [0.5, 0.6) is 0 Å². The number of amides is 1. The van der Waals surface area contributed by atoms with Crippen LogP contribution in [0.3, 0.4) is 0 Å². The van der Waals surface area contributed by atoms with E-state index in [0.29, 0.717) is 22.6 Å². The molecule has 0 aliphatic carbocycles. The van der Waals surface area contributed by atoms with E-state index < -0.39 is 5.97 Å². The zero-order valence-corrected chi connectivity index (χ0v) is 17.2. The summed E-state index contributed by atoms with van der Waals surface area (Å²) in [5, 5.41) is 13.5. The molecule has 3 aromatic rings. The number of rotatable bonds is 4. The van der Waals surface area contributed by atoms with Gasteiger partial charge in [0.25, 0.3) is 5.91 Å². The summed E-state index contributed by atoms with van der Waals surface area (Å²) < 4.78 is 1.71. The number of carboxylic acids is 1. The highest BCUT2D eigenvalue weighted by Gasteiger charge is 2.37. The van der Waals surface area contributed by atoms with Crippen molar-refractivity contribution in [3.8, 4) is 0 Å². The molecule has 1 amide bonds. The third-order valence-corrected chi connectivity index (χ3v) is 5.50. The Morgan fingerprint density at radius 2 is 2.10 bits per heavy atom. The van der Waals surface area contributed by atoms with Gasteiger partial charge in [0.2, 0.25) is 5.95 Å². The van der Waals surface area contributed by atoms with Gasteiger partial charge in [-0.2, -0.15) is 10.1 Å². The van der Waals surface area contributed by atoms with Gasteiger partial charge in [0.1, 0.15) is 5.15 Å². The van der Waals surface area contributed by atoms with Crippen molar-refractivity contribution in [2.45, 2.75) is 20.4 Å². The lowest BCUT2D eigenvalue weighted by atomic mass is 10.1. The molecule has 10 nitrogen and oxygen atoms in total. The quantitative estimate of drug-likeness (QED) is 0.427. The number of aromatic carboxylic acids is 1. The third-order valence-electron chi connectivity index (χ3n) is 5.23. The second-order valence-electron chi connectivity index (χ2n) is 6.95. The minimum Gasteiger partial charge on any atom is -0.478 e. The predicted molar refractivity (Wildman–Crippen MR) is 111 cm³/mol. The fraction of sp³-hybridized carbons (Fsp3) is 0.211. The molecule has 1 aliphatic rings. The smallest absolute Gasteiger partial charge is 0.337 e. The van der Waals surface area contributed by atoms with Gasteiger partial charge in [-0.15, -0.1) is 0 Å². The lowest BCUT2D eigenvalue weighted by Gasteiger charge is -2.16. The zero-order valence-electron chi connectivity index (χ0n) is 16.4. The number of hydrogen-bond acceptors (Lipinski definition) is 6. The molecule has 0 radical (unpaired) electrons. The molecule has 4 N–H and O–H groups in total. The van der Waals surface area contributed by atoms with Crippen LogP contribution in [0, 0.1) is 13.8 Å². The van der Waals surface area contributed by atoms with Gasteiger partial charge in [-0.3, -0.25) is 14.4 Å². The van der Waals surface area contributed by atoms with Crippen molar-refractivity contribution in [2.24, 2.45) is 7.05 Å². The summed E-state index contributed by atoms with van der Waals surface area (Å²) in [6, 6.07) is 0. The topological polar surface area (TPSA) is 143 Å². The number of anilines is 2. The molecule has 0 saturated heterocycles. The number of nitrogen functional groups attached to an aromatic ring is 1. The highest BCUT2D eigenvalue weighted by molar-refractivity contribution is 6.41. The first-order valence-corrected chi connectivity index (χ1v) is 9.32. The molecule has 0 spiro atoms. The van der Waals surface area contributed by atoms with E-state index in [2.05, 4.69) is 20.1 Å². The monoisotopic (exact) mass is 427 g/mol. The van der Waals surface area contributed by atoms with E-state index in [1.165, 1.54) is 11.1 Å². The molecule has 154 valence electrons. The highest BCUT2D eigenvalue weighted by atomic mass is 35.5. The predicted octanol–water partition coefficient (Wildman–Crippen LogP) is 2.18. The maximum atomic E-state index is 13.3. The molecule has 0 aromatic carbocycles. The first-order chi connectivity index (χ1) is 14.2. The molecule has 0 saturated carbocycles. The molecule has 0 fully saturated rings. The van der Waals surface area contributed by atoms with Crippen LogP contribution in [0.25, 0.3) is 11.6 Å². The second-order valence-corrected chi connectivity index (χ2v) is 7.30. The molecule has 11 heteroatoms. The first-order valence-electron chi connectivity index (χ1n) is 8.94. The zero-order chi connectivity index (χ0) is 21.7. The normalized spacial score (nSPS) is 14.6. The SMILES string of the molecule is Cc1c(C(=O)O)c[nH]c1/C=C1\C(=O)N(Cc2cnn(C)c2C)c2nc(N)nc(Cl)c21. The average molecular weight is 428 g/mol. The van der Waals surface area contributed by atoms with Crippen molar-refractivity contribution in [1.82, 2.24) is 24.7 Å². The summed E-state index contributed by atoms with van der Waals surface area (Å²) in [5.41, 5.74) is 9.22. The van der Waals surface area contributed by atoms with Crippen LogP contribution in [-0.4, -0.2) is 41.7 Å². The fourth-order valence-electron chi connectivity index (χ4n) is 3.39. The number of hydrogen-bond donors (Lipinski definition) is 3. The lowest BCUT2D eigenvalue weighted by Crippen LogP contribution is -2.26. The molecule has 30 heavy (non-hydrogen) atoms. The van der Waals surface area contributed by atoms with E-state index in [0.717, 1.165) is 11.3 Å². The molecule has 0 unspecified atom stereocenters. The van der Waals surface area contributed by atoms with Gasteiger partial charge in [-0.05, 0) is 25.5 Å². The van der Waals surface area contributed by atoms with Crippen LogP contribution in [0.1, 0.15) is 38.4 Å². The van der Waals surface area contributed by atoms with Crippen molar-refractivity contribution < 1.29 is 14.7 Å². The number of aromatic amines is 1. The Kier molecular flexibility index (Phi) is 4.58. The van der Waals surface area contributed by atoms with Crippen LogP contribution in [0.4, 0.5) is 11.8 Å². The number of nitrogens with two attached hydrogens (primary N) is 1. The molecule has 4 rings (SSSR count). The minimum absolute atomic E-state index is 0.0465. The first kappa shape index (κ1) is 19.6. The van der Waals surface area contributed by atoms with Crippen LogP contribution in [-0.2, 0) is 18.4 Å². The van der Waals surface area contributed by atoms with E-state index in [1.54, 1.807) is 23.9 Å². The number of carbonyl (C=O) groups excluding carboxylic acids is 1. The molecule has 4 heterocycles. The highest BCUT2D eigenvalue weighted by Crippen LogP contribution is 2.41. The Hall–Kier alpha value is -3.66. The molecule has 0 bridgehead atoms. The minimum atomic E-state index is -1.06. The van der Waals surface area contributed by atoms with Crippen molar-refractivity contribution in [2.75, 3.05) is 10.6 Å². The Morgan fingerprint density at radius 1 is 1.37 bits per heavy atom. The second kappa shape index (κ2) is 6.99.